The van der Waals surface area contributed by atoms with E-state index in [0.29, 0.717) is 24.9 Å². The monoisotopic (exact) mass is 348 g/mol. The van der Waals surface area contributed by atoms with Gasteiger partial charge in [-0.2, -0.15) is 17.2 Å². The van der Waals surface area contributed by atoms with Crippen LogP contribution in [0.4, 0.5) is 8.78 Å². The van der Waals surface area contributed by atoms with Crippen molar-refractivity contribution in [2.75, 3.05) is 13.7 Å². The van der Waals surface area contributed by atoms with Crippen LogP contribution in [0.25, 0.3) is 0 Å². The van der Waals surface area contributed by atoms with Crippen LogP contribution in [-0.2, 0) is 23.8 Å². The molecule has 0 aromatic carbocycles. The van der Waals surface area contributed by atoms with Crippen LogP contribution in [0.2, 0.25) is 0 Å². The highest BCUT2D eigenvalue weighted by atomic mass is 32.2. The van der Waals surface area contributed by atoms with Crippen molar-refractivity contribution in [2.24, 2.45) is 23.2 Å². The number of alkyl halides is 2. The van der Waals surface area contributed by atoms with Gasteiger partial charge in [0.2, 0.25) is 0 Å². The molecular weight excluding hydrogens is 330 g/mol. The summed E-state index contributed by atoms with van der Waals surface area (Å²) in [5.74, 6) is -0.423. The van der Waals surface area contributed by atoms with Crippen LogP contribution in [0.1, 0.15) is 32.1 Å². The van der Waals surface area contributed by atoms with Crippen molar-refractivity contribution in [3.63, 3.8) is 0 Å². The molecule has 4 atom stereocenters. The van der Waals surface area contributed by atoms with Crippen LogP contribution in [0.5, 0.6) is 0 Å². The van der Waals surface area contributed by atoms with Gasteiger partial charge >= 0.3 is 21.3 Å². The SMILES string of the molecule is COS(=O)(=O)C(F)(F)C(=O)OCC12CC3CC4=C1C3C[C@H](C4)C2. The third-order valence-electron chi connectivity index (χ3n) is 6.11. The average molecular weight is 348 g/mol. The highest BCUT2D eigenvalue weighted by molar-refractivity contribution is 7.88. The Morgan fingerprint density at radius 1 is 1.35 bits per heavy atom. The second-order valence-electron chi connectivity index (χ2n) is 7.30. The second kappa shape index (κ2) is 4.53. The van der Waals surface area contributed by atoms with E-state index in [4.69, 9.17) is 4.74 Å². The summed E-state index contributed by atoms with van der Waals surface area (Å²) < 4.78 is 58.2. The van der Waals surface area contributed by atoms with Crippen molar-refractivity contribution < 1.29 is 30.9 Å². The van der Waals surface area contributed by atoms with E-state index in [1.54, 1.807) is 0 Å². The van der Waals surface area contributed by atoms with Crippen molar-refractivity contribution in [1.29, 1.82) is 0 Å². The zero-order chi connectivity index (χ0) is 16.6. The second-order valence-corrected chi connectivity index (χ2v) is 9.05. The molecule has 5 rings (SSSR count). The van der Waals surface area contributed by atoms with Gasteiger partial charge in [0.15, 0.2) is 0 Å². The summed E-state index contributed by atoms with van der Waals surface area (Å²) in [4.78, 5) is 11.6. The van der Waals surface area contributed by atoms with Crippen molar-refractivity contribution in [2.45, 2.75) is 37.4 Å². The summed E-state index contributed by atoms with van der Waals surface area (Å²) in [6, 6.07) is 0. The van der Waals surface area contributed by atoms with Crippen LogP contribution in [0, 0.1) is 23.2 Å². The molecule has 0 saturated heterocycles. The van der Waals surface area contributed by atoms with E-state index < -0.39 is 21.3 Å². The molecule has 0 aliphatic heterocycles. The van der Waals surface area contributed by atoms with Gasteiger partial charge in [0.05, 0.1) is 7.11 Å². The van der Waals surface area contributed by atoms with E-state index in [1.807, 2.05) is 0 Å². The van der Waals surface area contributed by atoms with Gasteiger partial charge in [-0.15, -0.1) is 0 Å². The van der Waals surface area contributed by atoms with Gasteiger partial charge in [-0.3, -0.25) is 4.18 Å². The minimum atomic E-state index is -5.30. The number of halogens is 2. The fourth-order valence-electron chi connectivity index (χ4n) is 5.55. The quantitative estimate of drug-likeness (QED) is 0.433. The van der Waals surface area contributed by atoms with Crippen molar-refractivity contribution in [3.8, 4) is 0 Å². The number of carbonyl (C=O) groups is 1. The molecule has 6 bridgehead atoms. The molecule has 0 N–H and O–H groups in total. The van der Waals surface area contributed by atoms with E-state index in [0.717, 1.165) is 32.1 Å². The van der Waals surface area contributed by atoms with Crippen LogP contribution >= 0.6 is 0 Å². The molecule has 0 heterocycles. The Morgan fingerprint density at radius 3 is 2.74 bits per heavy atom. The van der Waals surface area contributed by atoms with E-state index in [1.165, 1.54) is 11.1 Å². The molecule has 8 heteroatoms. The molecule has 5 aliphatic rings. The lowest BCUT2D eigenvalue weighted by Gasteiger charge is -2.46. The molecule has 5 nitrogen and oxygen atoms in total. The Hall–Kier alpha value is -1.02. The lowest BCUT2D eigenvalue weighted by Crippen LogP contribution is -2.44. The van der Waals surface area contributed by atoms with Crippen LogP contribution < -0.4 is 0 Å². The highest BCUT2D eigenvalue weighted by Gasteiger charge is 2.63. The summed E-state index contributed by atoms with van der Waals surface area (Å²) in [6.45, 7) is -0.150. The summed E-state index contributed by atoms with van der Waals surface area (Å²) >= 11 is 0. The molecule has 2 saturated carbocycles. The number of esters is 1. The smallest absolute Gasteiger partial charge is 0.459 e. The zero-order valence-corrected chi connectivity index (χ0v) is 13.5. The first kappa shape index (κ1) is 15.5. The number of carbonyl (C=O) groups excluding carboxylic acids is 1. The Balaban J connectivity index is 1.53. The van der Waals surface area contributed by atoms with Crippen molar-refractivity contribution >= 4 is 16.1 Å². The number of allylic oxidation sites excluding steroid dienone is 1. The molecule has 128 valence electrons. The van der Waals surface area contributed by atoms with E-state index in [-0.39, 0.29) is 12.0 Å². The summed E-state index contributed by atoms with van der Waals surface area (Å²) in [6.07, 6.45) is 5.07. The Kier molecular flexibility index (Phi) is 3.06. The Bertz CT molecular complexity index is 709. The summed E-state index contributed by atoms with van der Waals surface area (Å²) in [5.41, 5.74) is 2.43. The van der Waals surface area contributed by atoms with Gasteiger partial charge in [0.25, 0.3) is 0 Å². The molecule has 0 aromatic heterocycles. The number of hydrogen-bond donors (Lipinski definition) is 0. The fraction of sp³-hybridized carbons (Fsp3) is 0.800. The topological polar surface area (TPSA) is 69.7 Å². The van der Waals surface area contributed by atoms with Gasteiger partial charge < -0.3 is 4.74 Å². The Morgan fingerprint density at radius 2 is 2.09 bits per heavy atom. The molecule has 0 amide bonds. The van der Waals surface area contributed by atoms with E-state index in [2.05, 4.69) is 4.18 Å². The molecular formula is C15H18F2O5S. The minimum absolute atomic E-state index is 0.150. The van der Waals surface area contributed by atoms with Gasteiger partial charge in [-0.1, -0.05) is 11.1 Å². The Labute approximate surface area is 133 Å². The van der Waals surface area contributed by atoms with Crippen molar-refractivity contribution in [3.05, 3.63) is 11.1 Å². The van der Waals surface area contributed by atoms with Crippen LogP contribution in [-0.4, -0.2) is 33.4 Å². The largest absolute Gasteiger partial charge is 0.466 e. The maximum absolute atomic E-state index is 13.7. The fourth-order valence-corrected chi connectivity index (χ4v) is 6.02. The third-order valence-corrected chi connectivity index (χ3v) is 7.34. The third kappa shape index (κ3) is 1.91. The number of hydrogen-bond acceptors (Lipinski definition) is 5. The average Bonchev–Trinajstić information content (AvgIpc) is 2.88. The molecule has 23 heavy (non-hydrogen) atoms. The van der Waals surface area contributed by atoms with Crippen LogP contribution in [0.3, 0.4) is 0 Å². The maximum Gasteiger partial charge on any atom is 0.466 e. The first-order valence-electron chi connectivity index (χ1n) is 7.78. The van der Waals surface area contributed by atoms with Gasteiger partial charge in [0.1, 0.15) is 6.61 Å². The first-order valence-corrected chi connectivity index (χ1v) is 9.18. The molecule has 0 aromatic rings. The lowest BCUT2D eigenvalue weighted by molar-refractivity contribution is -0.165. The predicted molar refractivity (Wildman–Crippen MR) is 74.8 cm³/mol. The summed E-state index contributed by atoms with van der Waals surface area (Å²) in [7, 11) is -4.70. The van der Waals surface area contributed by atoms with Gasteiger partial charge in [-0.25, -0.2) is 4.79 Å². The minimum Gasteiger partial charge on any atom is -0.459 e. The first-order chi connectivity index (χ1) is 10.7. The lowest BCUT2D eigenvalue weighted by atomic mass is 9.60. The van der Waals surface area contributed by atoms with E-state index in [9.17, 15) is 22.0 Å². The normalized spacial score (nSPS) is 37.8. The number of rotatable bonds is 5. The van der Waals surface area contributed by atoms with Gasteiger partial charge in [-0.05, 0) is 49.9 Å². The highest BCUT2D eigenvalue weighted by Crippen LogP contribution is 2.70. The molecule has 2 fully saturated rings. The van der Waals surface area contributed by atoms with Gasteiger partial charge in [0, 0.05) is 5.41 Å². The van der Waals surface area contributed by atoms with Crippen molar-refractivity contribution in [1.82, 2.24) is 0 Å². The number of ether oxygens (including phenoxy) is 1. The molecule has 3 unspecified atom stereocenters. The standard InChI is InChI=1S/C15H18F2O5S/c1-21-23(19,20)15(16,17)13(18)22-7-14-5-8-2-9-4-10(6-14)11(3-8)12(9)14/h8,10-11H,2-7H2,1H3/t8-,10?,11?,14?/m0/s1. The zero-order valence-electron chi connectivity index (χ0n) is 12.7. The maximum atomic E-state index is 13.7. The van der Waals surface area contributed by atoms with Crippen LogP contribution in [0.15, 0.2) is 11.1 Å². The molecule has 0 radical (unpaired) electrons. The summed E-state index contributed by atoms with van der Waals surface area (Å²) in [5, 5.41) is -4.68. The predicted octanol–water partition coefficient (Wildman–Crippen LogP) is 2.24. The van der Waals surface area contributed by atoms with E-state index >= 15 is 0 Å². The molecule has 0 spiro atoms. The molecule has 5 aliphatic carbocycles.